The summed E-state index contributed by atoms with van der Waals surface area (Å²) in [5.41, 5.74) is 2.56. The number of ether oxygens (including phenoxy) is 3. The summed E-state index contributed by atoms with van der Waals surface area (Å²) in [5.74, 6) is 1.78. The number of carbonyl (C=O) groups excluding carboxylic acids is 2. The van der Waals surface area contributed by atoms with Crippen molar-refractivity contribution in [3.8, 4) is 17.2 Å². The van der Waals surface area contributed by atoms with E-state index in [1.54, 1.807) is 12.0 Å². The Labute approximate surface area is 205 Å². The number of amides is 2. The standard InChI is InChI=1S/C28H30N2O5/c1-3-7-26(31)30(18-20-10-13-23(33-2)14-11-20)27(22-8-5-4-6-9-22)28(32)29-17-21-12-15-24-25(16-21)35-19-34-24/h4-6,8-16,27H,3,7,17-19H2,1-2H3,(H,29,32)/t27-/m1/s1. The van der Waals surface area contributed by atoms with Crippen LogP contribution in [0.4, 0.5) is 0 Å². The van der Waals surface area contributed by atoms with E-state index < -0.39 is 6.04 Å². The molecule has 3 aromatic rings. The van der Waals surface area contributed by atoms with Crippen molar-refractivity contribution in [3.63, 3.8) is 0 Å². The van der Waals surface area contributed by atoms with Crippen LogP contribution in [-0.4, -0.2) is 30.6 Å². The Hall–Kier alpha value is -4.00. The van der Waals surface area contributed by atoms with Gasteiger partial charge in [-0.2, -0.15) is 0 Å². The Kier molecular flexibility index (Phi) is 7.88. The third-order valence-corrected chi connectivity index (χ3v) is 5.88. The van der Waals surface area contributed by atoms with Crippen molar-refractivity contribution >= 4 is 11.8 Å². The van der Waals surface area contributed by atoms with Gasteiger partial charge in [-0.05, 0) is 47.4 Å². The number of nitrogens with one attached hydrogen (secondary N) is 1. The highest BCUT2D eigenvalue weighted by Crippen LogP contribution is 2.32. The monoisotopic (exact) mass is 474 g/mol. The maximum absolute atomic E-state index is 13.6. The van der Waals surface area contributed by atoms with E-state index in [1.807, 2.05) is 79.7 Å². The molecule has 0 saturated carbocycles. The quantitative estimate of drug-likeness (QED) is 0.464. The Morgan fingerprint density at radius 1 is 0.971 bits per heavy atom. The Bertz CT molecular complexity index is 1150. The van der Waals surface area contributed by atoms with Gasteiger partial charge in [-0.25, -0.2) is 0 Å². The van der Waals surface area contributed by atoms with Gasteiger partial charge >= 0.3 is 0 Å². The molecule has 182 valence electrons. The first-order valence-electron chi connectivity index (χ1n) is 11.7. The van der Waals surface area contributed by atoms with Crippen LogP contribution in [0.1, 0.15) is 42.5 Å². The van der Waals surface area contributed by atoms with Crippen LogP contribution in [0.5, 0.6) is 17.2 Å². The Balaban J connectivity index is 1.59. The van der Waals surface area contributed by atoms with Gasteiger partial charge in [-0.1, -0.05) is 55.5 Å². The molecule has 35 heavy (non-hydrogen) atoms. The fourth-order valence-electron chi connectivity index (χ4n) is 4.05. The van der Waals surface area contributed by atoms with Crippen LogP contribution in [0.3, 0.4) is 0 Å². The first-order valence-corrected chi connectivity index (χ1v) is 11.7. The second-order valence-electron chi connectivity index (χ2n) is 8.34. The normalized spacial score (nSPS) is 12.6. The molecule has 0 saturated heterocycles. The van der Waals surface area contributed by atoms with E-state index in [1.165, 1.54) is 0 Å². The molecule has 0 aromatic heterocycles. The summed E-state index contributed by atoms with van der Waals surface area (Å²) < 4.78 is 16.1. The van der Waals surface area contributed by atoms with Crippen LogP contribution < -0.4 is 19.5 Å². The molecule has 1 N–H and O–H groups in total. The summed E-state index contributed by atoms with van der Waals surface area (Å²) in [6.45, 7) is 2.76. The predicted molar refractivity (Wildman–Crippen MR) is 132 cm³/mol. The molecule has 0 spiro atoms. The van der Waals surface area contributed by atoms with Gasteiger partial charge in [0, 0.05) is 19.5 Å². The number of benzene rings is 3. The molecule has 0 unspecified atom stereocenters. The average Bonchev–Trinajstić information content (AvgIpc) is 3.36. The lowest BCUT2D eigenvalue weighted by molar-refractivity contribution is -0.141. The van der Waals surface area contributed by atoms with Gasteiger partial charge in [0.15, 0.2) is 11.5 Å². The molecule has 2 amide bonds. The van der Waals surface area contributed by atoms with E-state index in [0.717, 1.165) is 22.4 Å². The number of fused-ring (bicyclic) bond motifs is 1. The lowest BCUT2D eigenvalue weighted by Crippen LogP contribution is -2.43. The van der Waals surface area contributed by atoms with Crippen molar-refractivity contribution in [2.75, 3.05) is 13.9 Å². The molecule has 1 heterocycles. The molecule has 0 fully saturated rings. The molecule has 7 heteroatoms. The fourth-order valence-corrected chi connectivity index (χ4v) is 4.05. The molecule has 4 rings (SSSR count). The van der Waals surface area contributed by atoms with E-state index in [0.29, 0.717) is 37.4 Å². The van der Waals surface area contributed by atoms with Crippen LogP contribution in [0.25, 0.3) is 0 Å². The number of carbonyl (C=O) groups is 2. The molecule has 1 aliphatic heterocycles. The molecule has 7 nitrogen and oxygen atoms in total. The molecule has 0 aliphatic carbocycles. The molecule has 1 atom stereocenters. The lowest BCUT2D eigenvalue weighted by Gasteiger charge is -2.31. The minimum atomic E-state index is -0.772. The van der Waals surface area contributed by atoms with Gasteiger partial charge in [-0.3, -0.25) is 9.59 Å². The Morgan fingerprint density at radius 2 is 1.69 bits per heavy atom. The maximum atomic E-state index is 13.6. The maximum Gasteiger partial charge on any atom is 0.247 e. The third kappa shape index (κ3) is 5.93. The average molecular weight is 475 g/mol. The van der Waals surface area contributed by atoms with Crippen molar-refractivity contribution in [2.24, 2.45) is 0 Å². The SMILES string of the molecule is CCCC(=O)N(Cc1ccc(OC)cc1)[C@@H](C(=O)NCc1ccc2c(c1)OCO2)c1ccccc1. The number of rotatable bonds is 10. The van der Waals surface area contributed by atoms with Gasteiger partial charge in [0.2, 0.25) is 18.6 Å². The third-order valence-electron chi connectivity index (χ3n) is 5.88. The van der Waals surface area contributed by atoms with E-state index >= 15 is 0 Å². The van der Waals surface area contributed by atoms with Crippen LogP contribution in [-0.2, 0) is 22.7 Å². The van der Waals surface area contributed by atoms with Gasteiger partial charge < -0.3 is 24.4 Å². The van der Waals surface area contributed by atoms with E-state index in [4.69, 9.17) is 14.2 Å². The van der Waals surface area contributed by atoms with E-state index in [2.05, 4.69) is 5.32 Å². The molecular weight excluding hydrogens is 444 g/mol. The van der Waals surface area contributed by atoms with Crippen LogP contribution in [0.15, 0.2) is 72.8 Å². The highest BCUT2D eigenvalue weighted by atomic mass is 16.7. The van der Waals surface area contributed by atoms with E-state index in [-0.39, 0.29) is 18.6 Å². The highest BCUT2D eigenvalue weighted by molar-refractivity contribution is 5.88. The van der Waals surface area contributed by atoms with Crippen molar-refractivity contribution in [3.05, 3.63) is 89.5 Å². The summed E-state index contributed by atoms with van der Waals surface area (Å²) in [5, 5.41) is 3.02. The van der Waals surface area contributed by atoms with Crippen molar-refractivity contribution in [2.45, 2.75) is 38.9 Å². The van der Waals surface area contributed by atoms with Crippen LogP contribution >= 0.6 is 0 Å². The van der Waals surface area contributed by atoms with Crippen LogP contribution in [0.2, 0.25) is 0 Å². The highest BCUT2D eigenvalue weighted by Gasteiger charge is 2.31. The number of hydrogen-bond acceptors (Lipinski definition) is 5. The number of hydrogen-bond donors (Lipinski definition) is 1. The Morgan fingerprint density at radius 3 is 2.40 bits per heavy atom. The molecule has 3 aromatic carbocycles. The summed E-state index contributed by atoms with van der Waals surface area (Å²) in [6.07, 6.45) is 1.05. The largest absolute Gasteiger partial charge is 0.497 e. The summed E-state index contributed by atoms with van der Waals surface area (Å²) in [6, 6.07) is 21.8. The van der Waals surface area contributed by atoms with Crippen LogP contribution in [0, 0.1) is 0 Å². The van der Waals surface area contributed by atoms with Crippen molar-refractivity contribution in [1.29, 1.82) is 0 Å². The first-order chi connectivity index (χ1) is 17.1. The zero-order chi connectivity index (χ0) is 24.6. The van der Waals surface area contributed by atoms with Gasteiger partial charge in [0.25, 0.3) is 0 Å². The van der Waals surface area contributed by atoms with Gasteiger partial charge in [-0.15, -0.1) is 0 Å². The molecule has 0 radical (unpaired) electrons. The number of nitrogens with zero attached hydrogens (tertiary/aromatic N) is 1. The zero-order valence-corrected chi connectivity index (χ0v) is 20.0. The predicted octanol–water partition coefficient (Wildman–Crippen LogP) is 4.61. The van der Waals surface area contributed by atoms with Crippen molar-refractivity contribution < 1.29 is 23.8 Å². The summed E-state index contributed by atoms with van der Waals surface area (Å²) in [4.78, 5) is 28.6. The second-order valence-corrected chi connectivity index (χ2v) is 8.34. The summed E-state index contributed by atoms with van der Waals surface area (Å²) >= 11 is 0. The number of methoxy groups -OCH3 is 1. The fraction of sp³-hybridized carbons (Fsp3) is 0.286. The summed E-state index contributed by atoms with van der Waals surface area (Å²) in [7, 11) is 1.61. The first kappa shape index (κ1) is 24.1. The minimum Gasteiger partial charge on any atom is -0.497 e. The topological polar surface area (TPSA) is 77.1 Å². The molecular formula is C28H30N2O5. The minimum absolute atomic E-state index is 0.0737. The second kappa shape index (κ2) is 11.4. The zero-order valence-electron chi connectivity index (χ0n) is 20.0. The molecule has 1 aliphatic rings. The van der Waals surface area contributed by atoms with Gasteiger partial charge in [0.05, 0.1) is 7.11 Å². The smallest absolute Gasteiger partial charge is 0.247 e. The lowest BCUT2D eigenvalue weighted by atomic mass is 10.0. The van der Waals surface area contributed by atoms with E-state index in [9.17, 15) is 9.59 Å². The van der Waals surface area contributed by atoms with Crippen molar-refractivity contribution in [1.82, 2.24) is 10.2 Å². The molecule has 0 bridgehead atoms. The van der Waals surface area contributed by atoms with Gasteiger partial charge in [0.1, 0.15) is 11.8 Å².